The van der Waals surface area contributed by atoms with Crippen molar-refractivity contribution < 1.29 is 0 Å². The second-order valence-electron chi connectivity index (χ2n) is 0. The molecule has 0 aromatic carbocycles. The van der Waals surface area contributed by atoms with Crippen molar-refractivity contribution >= 4 is 124 Å². The van der Waals surface area contributed by atoms with Gasteiger partial charge in [-0.2, -0.15) is 0 Å². The predicted molar refractivity (Wildman–Crippen MR) is 54.1 cm³/mol. The van der Waals surface area contributed by atoms with Crippen LogP contribution in [-0.4, -0.2) is 124 Å². The minimum absolute atomic E-state index is 0. The van der Waals surface area contributed by atoms with Crippen LogP contribution < -0.4 is 0 Å². The summed E-state index contributed by atoms with van der Waals surface area (Å²) < 4.78 is 0. The van der Waals surface area contributed by atoms with E-state index >= 15 is 0 Å². The summed E-state index contributed by atoms with van der Waals surface area (Å²) in [5, 5.41) is 0. The van der Waals surface area contributed by atoms with Crippen molar-refractivity contribution in [2.75, 3.05) is 0 Å². The third-order valence-corrected chi connectivity index (χ3v) is 0. The Labute approximate surface area is 121 Å². The fraction of sp³-hybridized carbons (Fsp3) is 0. The van der Waals surface area contributed by atoms with Crippen LogP contribution >= 0.6 is 0 Å². The molecule has 0 saturated heterocycles. The summed E-state index contributed by atoms with van der Waals surface area (Å²) >= 11 is 0. The summed E-state index contributed by atoms with van der Waals surface area (Å²) in [7, 11) is 0. The summed E-state index contributed by atoms with van der Waals surface area (Å²) in [6.45, 7) is 0. The zero-order valence-corrected chi connectivity index (χ0v) is 0. The fourth-order valence-corrected chi connectivity index (χ4v) is 0. The molecule has 0 aliphatic heterocycles. The van der Waals surface area contributed by atoms with Crippen LogP contribution in [0.5, 0.6) is 0 Å². The fourth-order valence-electron chi connectivity index (χ4n) is 0. The molecule has 0 bridgehead atoms. The van der Waals surface area contributed by atoms with Gasteiger partial charge < -0.3 is 0 Å². The summed E-state index contributed by atoms with van der Waals surface area (Å²) in [6.07, 6.45) is 0. The molecule has 0 aromatic rings. The van der Waals surface area contributed by atoms with Crippen LogP contribution in [-0.2, 0) is 0 Å². The molecule has 0 aliphatic carbocycles. The van der Waals surface area contributed by atoms with E-state index in [0.29, 0.717) is 0 Å². The summed E-state index contributed by atoms with van der Waals surface area (Å²) in [4.78, 5) is 0. The standard InChI is InChI=1S/Al.3BH3.K.Na.5H/h;3*1H3;;;;;;;. The molecule has 0 radical (unpaired) electrons. The van der Waals surface area contributed by atoms with E-state index in [1.165, 1.54) is 0 Å². The van der Waals surface area contributed by atoms with Gasteiger partial charge in [-0.15, -0.1) is 0 Å². The van der Waals surface area contributed by atoms with Gasteiger partial charge in [0.1, 0.15) is 0 Å². The normalized spacial score (nSPS) is 0. The third kappa shape index (κ3) is 26.4. The van der Waals surface area contributed by atoms with Gasteiger partial charge in [-0.25, -0.2) is 0 Å². The first-order chi connectivity index (χ1) is 0. The number of hydrogen-bond acceptors (Lipinski definition) is 0. The SMILES string of the molecule is B.B.B.[AlH3].[KH].[NaH]. The van der Waals surface area contributed by atoms with Crippen LogP contribution in [0.2, 0.25) is 0 Å². The van der Waals surface area contributed by atoms with Crippen molar-refractivity contribution in [3.05, 3.63) is 0 Å². The third-order valence-electron chi connectivity index (χ3n) is 0. The predicted octanol–water partition coefficient (Wildman–Crippen LogP) is -6.03. The molecule has 0 aromatic heterocycles. The molecule has 6 heavy (non-hydrogen) atoms. The van der Waals surface area contributed by atoms with Gasteiger partial charge in [0, 0.05) is 0 Å². The first-order valence-corrected chi connectivity index (χ1v) is 0. The Morgan fingerprint density at radius 3 is 0.667 bits per heavy atom. The average Bonchev–Trinajstić information content (AvgIpc) is 0. The molecule has 0 unspecified atom stereocenters. The Kier molecular flexibility index (Phi) is 387. The Balaban J connectivity index is 0. The van der Waals surface area contributed by atoms with Gasteiger partial charge in [0.15, 0.2) is 17.4 Å². The van der Waals surface area contributed by atoms with Gasteiger partial charge in [-0.3, -0.25) is 0 Å². The maximum absolute atomic E-state index is 0. The van der Waals surface area contributed by atoms with E-state index in [0.717, 1.165) is 0 Å². The molecule has 0 saturated carbocycles. The molecule has 0 nitrogen and oxygen atoms in total. The van der Waals surface area contributed by atoms with E-state index in [9.17, 15) is 0 Å². The van der Waals surface area contributed by atoms with Gasteiger partial charge in [-0.1, -0.05) is 0 Å². The van der Waals surface area contributed by atoms with Crippen LogP contribution in [0.15, 0.2) is 0 Å². The molecule has 0 atom stereocenters. The zero-order chi connectivity index (χ0) is 0. The van der Waals surface area contributed by atoms with Gasteiger partial charge in [0.2, 0.25) is 0 Å². The summed E-state index contributed by atoms with van der Waals surface area (Å²) in [6, 6.07) is 0. The Morgan fingerprint density at radius 1 is 0.667 bits per heavy atom. The van der Waals surface area contributed by atoms with E-state index < -0.39 is 0 Å². The van der Waals surface area contributed by atoms with E-state index in [1.807, 2.05) is 0 Å². The Bertz CT molecular complexity index is 10.8. The van der Waals surface area contributed by atoms with Crippen molar-refractivity contribution in [1.29, 1.82) is 0 Å². The van der Waals surface area contributed by atoms with Gasteiger partial charge in [0.05, 0.1) is 25.2 Å². The Morgan fingerprint density at radius 2 is 0.667 bits per heavy atom. The van der Waals surface area contributed by atoms with Crippen molar-refractivity contribution in [3.63, 3.8) is 0 Å². The minimum atomic E-state index is 0. The van der Waals surface area contributed by atoms with Crippen LogP contribution in [0.1, 0.15) is 0 Å². The first-order valence-electron chi connectivity index (χ1n) is 0. The van der Waals surface area contributed by atoms with Gasteiger partial charge >= 0.3 is 80.9 Å². The monoisotopic (exact) mass is 136 g/mol. The molecule has 0 aliphatic rings. The molecule has 0 N–H and O–H groups in total. The Hall–Kier alpha value is 3.36. The molecular formula is H14AlB3KNa. The van der Waals surface area contributed by atoms with Crippen molar-refractivity contribution in [3.8, 4) is 0 Å². The molecule has 6 heteroatoms. The number of rotatable bonds is 0. The topological polar surface area (TPSA) is 0 Å². The molecule has 0 amide bonds. The quantitative estimate of drug-likeness (QED) is 0.290. The van der Waals surface area contributed by atoms with E-state index in [2.05, 4.69) is 0 Å². The molecule has 0 spiro atoms. The van der Waals surface area contributed by atoms with E-state index in [-0.39, 0.29) is 124 Å². The van der Waals surface area contributed by atoms with Gasteiger partial charge in [-0.05, 0) is 0 Å². The summed E-state index contributed by atoms with van der Waals surface area (Å²) in [5.41, 5.74) is 0. The van der Waals surface area contributed by atoms with Crippen LogP contribution in [0.3, 0.4) is 0 Å². The van der Waals surface area contributed by atoms with Crippen molar-refractivity contribution in [1.82, 2.24) is 0 Å². The van der Waals surface area contributed by atoms with Crippen molar-refractivity contribution in [2.45, 2.75) is 0 Å². The van der Waals surface area contributed by atoms with E-state index in [4.69, 9.17) is 0 Å². The second-order valence-corrected chi connectivity index (χ2v) is 0. The number of hydrogen-bond donors (Lipinski definition) is 0. The molecule has 0 rings (SSSR count). The van der Waals surface area contributed by atoms with Crippen LogP contribution in [0.25, 0.3) is 0 Å². The molecule has 28 valence electrons. The van der Waals surface area contributed by atoms with Gasteiger partial charge in [0.25, 0.3) is 0 Å². The van der Waals surface area contributed by atoms with Crippen molar-refractivity contribution in [2.24, 2.45) is 0 Å². The summed E-state index contributed by atoms with van der Waals surface area (Å²) in [5.74, 6) is 0. The molecule has 0 fully saturated rings. The zero-order valence-electron chi connectivity index (χ0n) is 0. The van der Waals surface area contributed by atoms with Crippen LogP contribution in [0, 0.1) is 0 Å². The first kappa shape index (κ1) is 57.9. The molecule has 0 heterocycles. The second kappa shape index (κ2) is 40.1. The average molecular weight is 136 g/mol. The molecular weight excluding hydrogens is 122 g/mol. The van der Waals surface area contributed by atoms with Crippen LogP contribution in [0.4, 0.5) is 0 Å². The maximum atomic E-state index is 0. The van der Waals surface area contributed by atoms with E-state index in [1.54, 1.807) is 0 Å².